The average molecular weight is 311 g/mol. The van der Waals surface area contributed by atoms with Crippen LogP contribution in [0.25, 0.3) is 11.5 Å². The van der Waals surface area contributed by atoms with Gasteiger partial charge >= 0.3 is 8.05 Å². The molecule has 0 spiro atoms. The van der Waals surface area contributed by atoms with Gasteiger partial charge in [-0.1, -0.05) is 0 Å². The Morgan fingerprint density at radius 3 is 2.14 bits per heavy atom. The van der Waals surface area contributed by atoms with Crippen LogP contribution in [0, 0.1) is 52.9 Å². The normalized spacial score (nSPS) is 12.0. The molecule has 0 aliphatic rings. The van der Waals surface area contributed by atoms with Crippen LogP contribution in [-0.2, 0) is 4.65 Å². The van der Waals surface area contributed by atoms with Crippen LogP contribution < -0.4 is 0 Å². The van der Waals surface area contributed by atoms with Crippen LogP contribution in [0.4, 0.5) is 0 Å². The fourth-order valence-corrected chi connectivity index (χ4v) is 3.56. The lowest BCUT2D eigenvalue weighted by atomic mass is 10.1. The molecule has 6 heteroatoms. The molecule has 0 saturated carbocycles. The number of nitriles is 1. The molecule has 2 rings (SSSR count). The molecular formula is C16H18BN3OS. The van der Waals surface area contributed by atoms with Crippen molar-refractivity contribution in [3.63, 3.8) is 0 Å². The van der Waals surface area contributed by atoms with Crippen molar-refractivity contribution >= 4 is 30.8 Å². The number of hydrogen-bond donors (Lipinski definition) is 0. The summed E-state index contributed by atoms with van der Waals surface area (Å²) in [7, 11) is 5.52. The van der Waals surface area contributed by atoms with Crippen molar-refractivity contribution < 1.29 is 4.65 Å². The minimum atomic E-state index is 0.306. The SMILES string of the molecule is [B]OC(=C(C#N)n1nc(C)c(C)c1C)c1c(C)sc(C)c1C. The topological polar surface area (TPSA) is 50.8 Å². The molecule has 0 fully saturated rings. The molecule has 4 nitrogen and oxygen atoms in total. The minimum Gasteiger partial charge on any atom is -0.565 e. The van der Waals surface area contributed by atoms with Gasteiger partial charge in [0.15, 0.2) is 5.70 Å². The zero-order chi connectivity index (χ0) is 16.6. The first kappa shape index (κ1) is 16.4. The molecular weight excluding hydrogens is 293 g/mol. The van der Waals surface area contributed by atoms with E-state index < -0.39 is 0 Å². The van der Waals surface area contributed by atoms with E-state index in [1.807, 2.05) is 41.5 Å². The van der Waals surface area contributed by atoms with Crippen LogP contribution in [-0.4, -0.2) is 17.8 Å². The molecule has 0 N–H and O–H groups in total. The number of hydrogen-bond acceptors (Lipinski definition) is 4. The van der Waals surface area contributed by atoms with Gasteiger partial charge in [0.05, 0.1) is 5.69 Å². The lowest BCUT2D eigenvalue weighted by Gasteiger charge is -2.13. The number of aromatic nitrogens is 2. The molecule has 0 amide bonds. The first-order chi connectivity index (χ1) is 10.3. The van der Waals surface area contributed by atoms with Crippen LogP contribution in [0.3, 0.4) is 0 Å². The van der Waals surface area contributed by atoms with Crippen LogP contribution in [0.2, 0.25) is 0 Å². The predicted octanol–water partition coefficient (Wildman–Crippen LogP) is 3.74. The molecule has 22 heavy (non-hydrogen) atoms. The smallest absolute Gasteiger partial charge is 0.374 e. The predicted molar refractivity (Wildman–Crippen MR) is 90.5 cm³/mol. The average Bonchev–Trinajstić information content (AvgIpc) is 2.88. The van der Waals surface area contributed by atoms with Gasteiger partial charge in [0, 0.05) is 21.0 Å². The summed E-state index contributed by atoms with van der Waals surface area (Å²) in [6, 6.07) is 2.19. The number of thiophene rings is 1. The Balaban J connectivity index is 2.80. The Bertz CT molecular complexity index is 808. The molecule has 2 aromatic heterocycles. The fourth-order valence-electron chi connectivity index (χ4n) is 2.49. The second kappa shape index (κ2) is 6.01. The van der Waals surface area contributed by atoms with E-state index in [2.05, 4.69) is 11.2 Å². The van der Waals surface area contributed by atoms with Crippen molar-refractivity contribution in [2.24, 2.45) is 0 Å². The summed E-state index contributed by atoms with van der Waals surface area (Å²) in [5.41, 5.74) is 5.11. The Morgan fingerprint density at radius 2 is 1.77 bits per heavy atom. The Kier molecular flexibility index (Phi) is 4.48. The van der Waals surface area contributed by atoms with Gasteiger partial charge in [0.25, 0.3) is 0 Å². The third-order valence-corrected chi connectivity index (χ3v) is 5.21. The zero-order valence-corrected chi connectivity index (χ0v) is 14.6. The van der Waals surface area contributed by atoms with E-state index in [0.717, 1.165) is 33.0 Å². The number of allylic oxidation sites excluding steroid dienone is 1. The van der Waals surface area contributed by atoms with Gasteiger partial charge in [0.2, 0.25) is 0 Å². The summed E-state index contributed by atoms with van der Waals surface area (Å²) in [6.45, 7) is 11.9. The van der Waals surface area contributed by atoms with Gasteiger partial charge in [-0.3, -0.25) is 0 Å². The summed E-state index contributed by atoms with van der Waals surface area (Å²) in [5, 5.41) is 14.1. The lowest BCUT2D eigenvalue weighted by Crippen LogP contribution is -2.06. The maximum atomic E-state index is 9.65. The summed E-state index contributed by atoms with van der Waals surface area (Å²) in [6.07, 6.45) is 0. The van der Waals surface area contributed by atoms with Crippen molar-refractivity contribution in [1.82, 2.24) is 9.78 Å². The summed E-state index contributed by atoms with van der Waals surface area (Å²) >= 11 is 1.67. The molecule has 112 valence electrons. The highest BCUT2D eigenvalue weighted by atomic mass is 32.1. The van der Waals surface area contributed by atoms with Crippen LogP contribution in [0.1, 0.15) is 37.8 Å². The quantitative estimate of drug-likeness (QED) is 0.493. The Hall–Kier alpha value is -2.00. The number of nitrogens with zero attached hydrogens (tertiary/aromatic N) is 3. The molecule has 2 radical (unpaired) electrons. The van der Waals surface area contributed by atoms with Crippen LogP contribution in [0.5, 0.6) is 0 Å². The maximum Gasteiger partial charge on any atom is 0.374 e. The highest BCUT2D eigenvalue weighted by Crippen LogP contribution is 2.35. The van der Waals surface area contributed by atoms with E-state index >= 15 is 0 Å². The largest absolute Gasteiger partial charge is 0.565 e. The molecule has 0 atom stereocenters. The van der Waals surface area contributed by atoms with Crippen LogP contribution >= 0.6 is 11.3 Å². The van der Waals surface area contributed by atoms with E-state index in [-0.39, 0.29) is 0 Å². The highest BCUT2D eigenvalue weighted by Gasteiger charge is 2.21. The molecule has 0 bridgehead atoms. The third kappa shape index (κ3) is 2.46. The van der Waals surface area contributed by atoms with E-state index in [4.69, 9.17) is 12.7 Å². The summed E-state index contributed by atoms with van der Waals surface area (Å²) in [4.78, 5) is 2.25. The van der Waals surface area contributed by atoms with Crippen molar-refractivity contribution in [2.45, 2.75) is 41.5 Å². The van der Waals surface area contributed by atoms with E-state index in [0.29, 0.717) is 11.5 Å². The van der Waals surface area contributed by atoms with Gasteiger partial charge in [-0.25, -0.2) is 4.68 Å². The number of rotatable bonds is 3. The molecule has 0 aliphatic heterocycles. The van der Waals surface area contributed by atoms with E-state index in [1.54, 1.807) is 16.0 Å². The van der Waals surface area contributed by atoms with Gasteiger partial charge < -0.3 is 4.65 Å². The molecule has 0 unspecified atom stereocenters. The molecule has 0 aliphatic carbocycles. The van der Waals surface area contributed by atoms with Crippen molar-refractivity contribution in [1.29, 1.82) is 5.26 Å². The van der Waals surface area contributed by atoms with Crippen LogP contribution in [0.15, 0.2) is 0 Å². The fraction of sp³-hybridized carbons (Fsp3) is 0.375. The van der Waals surface area contributed by atoms with Gasteiger partial charge in [-0.15, -0.1) is 11.3 Å². The van der Waals surface area contributed by atoms with Crippen molar-refractivity contribution in [3.05, 3.63) is 37.8 Å². The monoisotopic (exact) mass is 311 g/mol. The summed E-state index contributed by atoms with van der Waals surface area (Å²) in [5.74, 6) is 0.368. The second-order valence-corrected chi connectivity index (χ2v) is 6.76. The maximum absolute atomic E-state index is 9.65. The van der Waals surface area contributed by atoms with Gasteiger partial charge in [0.1, 0.15) is 11.8 Å². The van der Waals surface area contributed by atoms with Crippen molar-refractivity contribution in [3.8, 4) is 6.07 Å². The van der Waals surface area contributed by atoms with E-state index in [1.165, 1.54) is 4.88 Å². The Labute approximate surface area is 136 Å². The third-order valence-electron chi connectivity index (χ3n) is 4.09. The molecule has 0 aromatic carbocycles. The zero-order valence-electron chi connectivity index (χ0n) is 13.7. The first-order valence-electron chi connectivity index (χ1n) is 6.94. The number of aryl methyl sites for hydroxylation is 3. The molecule has 2 aromatic rings. The van der Waals surface area contributed by atoms with Gasteiger partial charge in [-0.05, 0) is 52.7 Å². The van der Waals surface area contributed by atoms with E-state index in [9.17, 15) is 5.26 Å². The first-order valence-corrected chi connectivity index (χ1v) is 7.76. The minimum absolute atomic E-state index is 0.306. The standard InChI is InChI=1S/C16H18BN3OS/c1-8-10(3)19-20(11(8)4)14(7-18)16(21-17)15-9(2)12(5)22-13(15)6/h1-6H3. The van der Waals surface area contributed by atoms with Crippen molar-refractivity contribution in [2.75, 3.05) is 0 Å². The highest BCUT2D eigenvalue weighted by molar-refractivity contribution is 7.12. The van der Waals surface area contributed by atoms with Gasteiger partial charge in [-0.2, -0.15) is 10.4 Å². The summed E-state index contributed by atoms with van der Waals surface area (Å²) < 4.78 is 6.74. The molecule has 0 saturated heterocycles. The Morgan fingerprint density at radius 1 is 1.14 bits per heavy atom. The lowest BCUT2D eigenvalue weighted by molar-refractivity contribution is 0.569. The second-order valence-electron chi connectivity index (χ2n) is 5.33. The molecule has 2 heterocycles.